The molecule has 0 saturated carbocycles. The Morgan fingerprint density at radius 1 is 1.03 bits per heavy atom. The lowest BCUT2D eigenvalue weighted by molar-refractivity contribution is -0.160. The molecule has 0 spiro atoms. The van der Waals surface area contributed by atoms with Crippen molar-refractivity contribution in [3.8, 4) is 0 Å². The first-order valence-corrected chi connectivity index (χ1v) is 11.6. The van der Waals surface area contributed by atoms with Crippen molar-refractivity contribution in [2.24, 2.45) is 5.92 Å². The Kier molecular flexibility index (Phi) is 10.5. The SMILES string of the molecule is C=CC[C@H](NC(=O)OCc1ccccc1)c1cccc(C[C@@H](CC(=O)OC(C)(C)C)C(=O)OC)c1. The minimum atomic E-state index is -0.688. The predicted octanol–water partition coefficient (Wildman–Crippen LogP) is 5.29. The van der Waals surface area contributed by atoms with Crippen molar-refractivity contribution in [1.82, 2.24) is 5.32 Å². The molecule has 2 aromatic carbocycles. The van der Waals surface area contributed by atoms with Gasteiger partial charge in [0.25, 0.3) is 0 Å². The first kappa shape index (κ1) is 27.6. The lowest BCUT2D eigenvalue weighted by Crippen LogP contribution is -2.29. The summed E-state index contributed by atoms with van der Waals surface area (Å²) in [5.41, 5.74) is 1.91. The Balaban J connectivity index is 2.09. The summed E-state index contributed by atoms with van der Waals surface area (Å²) in [5, 5.41) is 2.88. The van der Waals surface area contributed by atoms with E-state index in [2.05, 4.69) is 11.9 Å². The van der Waals surface area contributed by atoms with Crippen LogP contribution < -0.4 is 5.32 Å². The van der Waals surface area contributed by atoms with Crippen molar-refractivity contribution < 1.29 is 28.6 Å². The van der Waals surface area contributed by atoms with Gasteiger partial charge in [-0.2, -0.15) is 0 Å². The van der Waals surface area contributed by atoms with Crippen LogP contribution in [0.3, 0.4) is 0 Å². The number of ether oxygens (including phenoxy) is 3. The summed E-state index contributed by atoms with van der Waals surface area (Å²) < 4.78 is 15.6. The number of carbonyl (C=O) groups excluding carboxylic acids is 3. The van der Waals surface area contributed by atoms with Crippen molar-refractivity contribution in [3.05, 3.63) is 83.9 Å². The third-order valence-corrected chi connectivity index (χ3v) is 5.11. The molecule has 2 rings (SSSR count). The molecule has 0 aromatic heterocycles. The van der Waals surface area contributed by atoms with Gasteiger partial charge >= 0.3 is 18.0 Å². The summed E-state index contributed by atoms with van der Waals surface area (Å²) in [7, 11) is 1.30. The molecule has 0 radical (unpaired) electrons. The second-order valence-electron chi connectivity index (χ2n) is 9.24. The van der Waals surface area contributed by atoms with Crippen molar-refractivity contribution in [1.29, 1.82) is 0 Å². The second kappa shape index (κ2) is 13.3. The number of rotatable bonds is 11. The molecular formula is C28H35NO6. The first-order chi connectivity index (χ1) is 16.6. The fraction of sp³-hybridized carbons (Fsp3) is 0.393. The fourth-order valence-corrected chi connectivity index (χ4v) is 3.56. The molecule has 35 heavy (non-hydrogen) atoms. The van der Waals surface area contributed by atoms with Gasteiger partial charge in [-0.15, -0.1) is 6.58 Å². The number of nitrogens with one attached hydrogen (secondary N) is 1. The lowest BCUT2D eigenvalue weighted by Gasteiger charge is -2.22. The van der Waals surface area contributed by atoms with E-state index in [1.54, 1.807) is 26.8 Å². The van der Waals surface area contributed by atoms with E-state index in [0.717, 1.165) is 16.7 Å². The molecule has 0 aliphatic rings. The van der Waals surface area contributed by atoms with Crippen LogP contribution in [0.4, 0.5) is 4.79 Å². The standard InChI is InChI=1S/C28H35NO6/c1-6-11-24(29-27(32)34-19-20-12-8-7-9-13-20)22-15-10-14-21(16-22)17-23(26(31)33-5)18-25(30)35-28(2,3)4/h6-10,12-16,23-24H,1,11,17-19H2,2-5H3,(H,29,32)/t23-,24-/m0/s1. The van der Waals surface area contributed by atoms with E-state index in [4.69, 9.17) is 14.2 Å². The number of amides is 1. The lowest BCUT2D eigenvalue weighted by atomic mass is 9.93. The highest BCUT2D eigenvalue weighted by molar-refractivity contribution is 5.80. The van der Waals surface area contributed by atoms with E-state index in [9.17, 15) is 14.4 Å². The number of carbonyl (C=O) groups is 3. The van der Waals surface area contributed by atoms with Gasteiger partial charge in [0.1, 0.15) is 12.2 Å². The van der Waals surface area contributed by atoms with E-state index >= 15 is 0 Å². The number of benzene rings is 2. The zero-order valence-corrected chi connectivity index (χ0v) is 20.9. The normalized spacial score (nSPS) is 12.7. The molecule has 0 bridgehead atoms. The number of alkyl carbamates (subject to hydrolysis) is 1. The highest BCUT2D eigenvalue weighted by atomic mass is 16.6. The van der Waals surface area contributed by atoms with Gasteiger partial charge in [0.2, 0.25) is 0 Å². The van der Waals surface area contributed by atoms with Crippen LogP contribution in [0, 0.1) is 5.92 Å². The molecule has 0 saturated heterocycles. The van der Waals surface area contributed by atoms with Crippen molar-refractivity contribution >= 4 is 18.0 Å². The quantitative estimate of drug-likeness (QED) is 0.266. The predicted molar refractivity (Wildman–Crippen MR) is 133 cm³/mol. The molecule has 1 amide bonds. The van der Waals surface area contributed by atoms with Crippen LogP contribution in [0.25, 0.3) is 0 Å². The molecular weight excluding hydrogens is 446 g/mol. The summed E-state index contributed by atoms with van der Waals surface area (Å²) in [4.78, 5) is 37.1. The maximum absolute atomic E-state index is 12.4. The van der Waals surface area contributed by atoms with Crippen LogP contribution in [-0.4, -0.2) is 30.7 Å². The van der Waals surface area contributed by atoms with Gasteiger partial charge in [0.15, 0.2) is 0 Å². The van der Waals surface area contributed by atoms with E-state index in [-0.39, 0.29) is 19.1 Å². The Bertz CT molecular complexity index is 996. The molecule has 2 atom stereocenters. The summed E-state index contributed by atoms with van der Waals surface area (Å²) >= 11 is 0. The van der Waals surface area contributed by atoms with Crippen LogP contribution in [-0.2, 0) is 36.8 Å². The molecule has 0 fully saturated rings. The minimum Gasteiger partial charge on any atom is -0.469 e. The van der Waals surface area contributed by atoms with Crippen LogP contribution in [0.1, 0.15) is 56.3 Å². The maximum atomic E-state index is 12.4. The average Bonchev–Trinajstić information content (AvgIpc) is 2.81. The minimum absolute atomic E-state index is 0.0890. The van der Waals surface area contributed by atoms with Crippen molar-refractivity contribution in [2.75, 3.05) is 7.11 Å². The first-order valence-electron chi connectivity index (χ1n) is 11.6. The second-order valence-corrected chi connectivity index (χ2v) is 9.24. The Morgan fingerprint density at radius 3 is 2.34 bits per heavy atom. The highest BCUT2D eigenvalue weighted by Gasteiger charge is 2.27. The number of hydrogen-bond acceptors (Lipinski definition) is 6. The number of esters is 2. The molecule has 1 N–H and O–H groups in total. The zero-order chi connectivity index (χ0) is 25.8. The molecule has 0 unspecified atom stereocenters. The van der Waals surface area contributed by atoms with Gasteiger partial charge in [0.05, 0.1) is 25.5 Å². The Morgan fingerprint density at radius 2 is 1.71 bits per heavy atom. The van der Waals surface area contributed by atoms with Gasteiger partial charge in [-0.1, -0.05) is 60.7 Å². The Labute approximate surface area is 207 Å². The van der Waals surface area contributed by atoms with Crippen LogP contribution in [0.15, 0.2) is 67.3 Å². The summed E-state index contributed by atoms with van der Waals surface area (Å²) in [6.07, 6.45) is 1.87. The number of methoxy groups -OCH3 is 1. The van der Waals surface area contributed by atoms with Crippen LogP contribution >= 0.6 is 0 Å². The fourth-order valence-electron chi connectivity index (χ4n) is 3.56. The van der Waals surface area contributed by atoms with E-state index in [0.29, 0.717) is 12.8 Å². The topological polar surface area (TPSA) is 90.9 Å². The molecule has 0 heterocycles. The summed E-state index contributed by atoms with van der Waals surface area (Å²) in [5.74, 6) is -1.63. The zero-order valence-electron chi connectivity index (χ0n) is 20.9. The van der Waals surface area contributed by atoms with Crippen molar-refractivity contribution in [3.63, 3.8) is 0 Å². The maximum Gasteiger partial charge on any atom is 0.407 e. The van der Waals surface area contributed by atoms with Crippen molar-refractivity contribution in [2.45, 2.75) is 58.3 Å². The molecule has 7 heteroatoms. The largest absolute Gasteiger partial charge is 0.469 e. The molecule has 7 nitrogen and oxygen atoms in total. The van der Waals surface area contributed by atoms with Gasteiger partial charge in [-0.05, 0) is 50.3 Å². The molecule has 188 valence electrons. The third-order valence-electron chi connectivity index (χ3n) is 5.11. The van der Waals surface area contributed by atoms with Gasteiger partial charge < -0.3 is 19.5 Å². The van der Waals surface area contributed by atoms with Gasteiger partial charge in [-0.3, -0.25) is 9.59 Å². The highest BCUT2D eigenvalue weighted by Crippen LogP contribution is 2.23. The third kappa shape index (κ3) is 10.0. The van der Waals surface area contributed by atoms with Gasteiger partial charge in [-0.25, -0.2) is 4.79 Å². The van der Waals surface area contributed by atoms with Gasteiger partial charge in [0, 0.05) is 0 Å². The smallest absolute Gasteiger partial charge is 0.407 e. The molecule has 0 aliphatic carbocycles. The molecule has 2 aromatic rings. The summed E-state index contributed by atoms with van der Waals surface area (Å²) in [6.45, 7) is 9.29. The summed E-state index contributed by atoms with van der Waals surface area (Å²) in [6, 6.07) is 16.6. The average molecular weight is 482 g/mol. The Hall–Kier alpha value is -3.61. The van der Waals surface area contributed by atoms with E-state index < -0.39 is 29.6 Å². The number of hydrogen-bond donors (Lipinski definition) is 1. The molecule has 0 aliphatic heterocycles. The van der Waals surface area contributed by atoms with E-state index in [1.807, 2.05) is 54.6 Å². The monoisotopic (exact) mass is 481 g/mol. The van der Waals surface area contributed by atoms with Crippen LogP contribution in [0.2, 0.25) is 0 Å². The van der Waals surface area contributed by atoms with Crippen LogP contribution in [0.5, 0.6) is 0 Å². The van der Waals surface area contributed by atoms with E-state index in [1.165, 1.54) is 7.11 Å².